The maximum atomic E-state index is 3.96. The van der Waals surface area contributed by atoms with E-state index in [0.29, 0.717) is 5.54 Å². The van der Waals surface area contributed by atoms with E-state index in [1.165, 1.54) is 64.3 Å². The molecule has 0 aromatic rings. The van der Waals surface area contributed by atoms with E-state index in [9.17, 15) is 0 Å². The minimum Gasteiger partial charge on any atom is -0.312 e. The van der Waals surface area contributed by atoms with Gasteiger partial charge in [0.2, 0.25) is 0 Å². The van der Waals surface area contributed by atoms with Crippen LogP contribution in [0, 0.1) is 11.8 Å². The molecule has 3 aliphatic rings. The van der Waals surface area contributed by atoms with Gasteiger partial charge >= 0.3 is 0 Å². The topological polar surface area (TPSA) is 15.3 Å². The summed E-state index contributed by atoms with van der Waals surface area (Å²) in [5.41, 5.74) is 0.458. The second-order valence-corrected chi connectivity index (χ2v) is 7.34. The normalized spacial score (nSPS) is 38.5. The fraction of sp³-hybridized carbons (Fsp3) is 1.00. The van der Waals surface area contributed by atoms with E-state index < -0.39 is 0 Å². The summed E-state index contributed by atoms with van der Waals surface area (Å²) >= 11 is 0. The molecule has 3 unspecified atom stereocenters. The molecule has 3 rings (SSSR count). The van der Waals surface area contributed by atoms with Gasteiger partial charge in [-0.1, -0.05) is 25.7 Å². The second-order valence-electron chi connectivity index (χ2n) is 7.34. The Morgan fingerprint density at radius 3 is 2.39 bits per heavy atom. The van der Waals surface area contributed by atoms with Crippen LogP contribution in [-0.2, 0) is 0 Å². The lowest BCUT2D eigenvalue weighted by Crippen LogP contribution is -2.55. The Kier molecular flexibility index (Phi) is 3.68. The Hall–Kier alpha value is -0.0800. The monoisotopic (exact) mass is 250 g/mol. The van der Waals surface area contributed by atoms with Gasteiger partial charge in [-0.2, -0.15) is 0 Å². The minimum absolute atomic E-state index is 0.458. The number of hydrogen-bond donors (Lipinski definition) is 1. The average Bonchev–Trinajstić information content (AvgIpc) is 2.99. The van der Waals surface area contributed by atoms with Gasteiger partial charge in [0, 0.05) is 18.1 Å². The Morgan fingerprint density at radius 2 is 1.83 bits per heavy atom. The summed E-state index contributed by atoms with van der Waals surface area (Å²) in [4.78, 5) is 2.51. The van der Waals surface area contributed by atoms with Crippen molar-refractivity contribution in [3.63, 3.8) is 0 Å². The van der Waals surface area contributed by atoms with Gasteiger partial charge in [-0.15, -0.1) is 0 Å². The highest BCUT2D eigenvalue weighted by Gasteiger charge is 2.41. The van der Waals surface area contributed by atoms with Crippen LogP contribution in [0.4, 0.5) is 0 Å². The van der Waals surface area contributed by atoms with E-state index in [1.54, 1.807) is 0 Å². The highest BCUT2D eigenvalue weighted by Crippen LogP contribution is 2.44. The van der Waals surface area contributed by atoms with Crippen LogP contribution in [0.1, 0.15) is 57.8 Å². The van der Waals surface area contributed by atoms with Crippen LogP contribution >= 0.6 is 0 Å². The average molecular weight is 250 g/mol. The third-order valence-corrected chi connectivity index (χ3v) is 6.16. The number of nitrogens with zero attached hydrogens (tertiary/aromatic N) is 1. The maximum absolute atomic E-state index is 3.96. The van der Waals surface area contributed by atoms with Crippen LogP contribution in [0.5, 0.6) is 0 Å². The first-order valence-electron chi connectivity index (χ1n) is 8.10. The lowest BCUT2D eigenvalue weighted by atomic mass is 9.80. The summed E-state index contributed by atoms with van der Waals surface area (Å²) in [6.07, 6.45) is 13.1. The van der Waals surface area contributed by atoms with E-state index in [2.05, 4.69) is 24.3 Å². The molecule has 18 heavy (non-hydrogen) atoms. The third-order valence-electron chi connectivity index (χ3n) is 6.16. The predicted molar refractivity (Wildman–Crippen MR) is 76.7 cm³/mol. The van der Waals surface area contributed by atoms with Gasteiger partial charge in [0.25, 0.3) is 0 Å². The Morgan fingerprint density at radius 1 is 1.06 bits per heavy atom. The van der Waals surface area contributed by atoms with Gasteiger partial charge in [-0.05, 0) is 58.0 Å². The molecule has 3 aliphatic carbocycles. The first-order valence-corrected chi connectivity index (χ1v) is 8.10. The van der Waals surface area contributed by atoms with Crippen LogP contribution in [0.2, 0.25) is 0 Å². The third kappa shape index (κ3) is 2.34. The minimum atomic E-state index is 0.458. The van der Waals surface area contributed by atoms with E-state index >= 15 is 0 Å². The van der Waals surface area contributed by atoms with Crippen molar-refractivity contribution < 1.29 is 0 Å². The van der Waals surface area contributed by atoms with E-state index in [-0.39, 0.29) is 0 Å². The molecule has 0 aliphatic heterocycles. The molecule has 0 aromatic heterocycles. The number of nitrogens with one attached hydrogen (secondary N) is 1. The van der Waals surface area contributed by atoms with Crippen molar-refractivity contribution in [1.82, 2.24) is 10.2 Å². The lowest BCUT2D eigenvalue weighted by molar-refractivity contribution is 0.0920. The Labute approximate surface area is 113 Å². The number of rotatable bonds is 4. The van der Waals surface area contributed by atoms with Gasteiger partial charge in [-0.25, -0.2) is 0 Å². The SMILES string of the molecule is CN(C)C1(CNC2CC3CCC2C3)CCCCC1. The van der Waals surface area contributed by atoms with Gasteiger partial charge in [0.1, 0.15) is 0 Å². The largest absolute Gasteiger partial charge is 0.312 e. The van der Waals surface area contributed by atoms with Gasteiger partial charge in [0.15, 0.2) is 0 Å². The van der Waals surface area contributed by atoms with Crippen molar-refractivity contribution >= 4 is 0 Å². The lowest BCUT2D eigenvalue weighted by Gasteiger charge is -2.44. The van der Waals surface area contributed by atoms with Crippen LogP contribution in [0.3, 0.4) is 0 Å². The predicted octanol–water partition coefficient (Wildman–Crippen LogP) is 3.03. The summed E-state index contributed by atoms with van der Waals surface area (Å²) in [5, 5.41) is 3.96. The molecule has 1 N–H and O–H groups in total. The number of hydrogen-bond acceptors (Lipinski definition) is 2. The highest BCUT2D eigenvalue weighted by atomic mass is 15.2. The molecule has 104 valence electrons. The molecule has 0 amide bonds. The van der Waals surface area contributed by atoms with E-state index in [1.807, 2.05) is 0 Å². The van der Waals surface area contributed by atoms with Crippen LogP contribution in [-0.4, -0.2) is 37.1 Å². The molecule has 3 saturated carbocycles. The molecule has 2 bridgehead atoms. The van der Waals surface area contributed by atoms with Crippen molar-refractivity contribution in [3.05, 3.63) is 0 Å². The van der Waals surface area contributed by atoms with Gasteiger partial charge in [0.05, 0.1) is 0 Å². The zero-order chi connectivity index (χ0) is 12.6. The van der Waals surface area contributed by atoms with Crippen LogP contribution in [0.15, 0.2) is 0 Å². The summed E-state index contributed by atoms with van der Waals surface area (Å²) in [7, 11) is 4.57. The molecule has 3 atom stereocenters. The number of likely N-dealkylation sites (N-methyl/N-ethyl adjacent to an activating group) is 1. The first kappa shape index (κ1) is 12.9. The fourth-order valence-electron chi connectivity index (χ4n) is 4.81. The van der Waals surface area contributed by atoms with Crippen LogP contribution < -0.4 is 5.32 Å². The van der Waals surface area contributed by atoms with E-state index in [4.69, 9.17) is 0 Å². The molecule has 0 heterocycles. The Balaban J connectivity index is 1.56. The summed E-state index contributed by atoms with van der Waals surface area (Å²) < 4.78 is 0. The zero-order valence-corrected chi connectivity index (χ0v) is 12.3. The number of fused-ring (bicyclic) bond motifs is 2. The Bertz CT molecular complexity index is 281. The molecule has 0 spiro atoms. The molecule has 3 fully saturated rings. The molecular weight excluding hydrogens is 220 g/mol. The van der Waals surface area contributed by atoms with Crippen molar-refractivity contribution in [2.45, 2.75) is 69.4 Å². The maximum Gasteiger partial charge on any atom is 0.0327 e. The van der Waals surface area contributed by atoms with Crippen LogP contribution in [0.25, 0.3) is 0 Å². The molecular formula is C16H30N2. The molecule has 0 saturated heterocycles. The highest BCUT2D eigenvalue weighted by molar-refractivity contribution is 4.98. The van der Waals surface area contributed by atoms with Crippen molar-refractivity contribution in [1.29, 1.82) is 0 Å². The van der Waals surface area contributed by atoms with Gasteiger partial charge in [-0.3, -0.25) is 0 Å². The summed E-state index contributed by atoms with van der Waals surface area (Å²) in [6, 6.07) is 0.850. The standard InChI is InChI=1S/C16H30N2/c1-18(2)16(8-4-3-5-9-16)12-17-15-11-13-6-7-14(15)10-13/h13-15,17H,3-12H2,1-2H3. The van der Waals surface area contributed by atoms with Crippen molar-refractivity contribution in [2.75, 3.05) is 20.6 Å². The van der Waals surface area contributed by atoms with E-state index in [0.717, 1.165) is 17.9 Å². The molecule has 0 aromatic carbocycles. The molecule has 2 heteroatoms. The summed E-state index contributed by atoms with van der Waals surface area (Å²) in [5.74, 6) is 2.08. The smallest absolute Gasteiger partial charge is 0.0327 e. The fourth-order valence-corrected chi connectivity index (χ4v) is 4.81. The second kappa shape index (κ2) is 5.13. The van der Waals surface area contributed by atoms with Crippen molar-refractivity contribution in [2.24, 2.45) is 11.8 Å². The van der Waals surface area contributed by atoms with Crippen molar-refractivity contribution in [3.8, 4) is 0 Å². The zero-order valence-electron chi connectivity index (χ0n) is 12.3. The molecule has 2 nitrogen and oxygen atoms in total. The summed E-state index contributed by atoms with van der Waals surface area (Å²) in [6.45, 7) is 1.23. The first-order chi connectivity index (χ1) is 8.70. The van der Waals surface area contributed by atoms with Gasteiger partial charge < -0.3 is 10.2 Å². The quantitative estimate of drug-likeness (QED) is 0.825. The molecule has 0 radical (unpaired) electrons.